The summed E-state index contributed by atoms with van der Waals surface area (Å²) in [6.45, 7) is -1.86. The number of anilines is 2. The number of alkyl halides is 3. The van der Waals surface area contributed by atoms with Crippen molar-refractivity contribution < 1.29 is 23.0 Å². The van der Waals surface area contributed by atoms with Crippen molar-refractivity contribution in [3.05, 3.63) is 11.9 Å². The monoisotopic (exact) mass is 295 g/mol. The van der Waals surface area contributed by atoms with Gasteiger partial charge in [0.15, 0.2) is 5.82 Å². The molecule has 0 radical (unpaired) electrons. The van der Waals surface area contributed by atoms with Crippen LogP contribution in [0.5, 0.6) is 0 Å². The molecular weight excluding hydrogens is 279 g/mol. The van der Waals surface area contributed by atoms with E-state index in [1.165, 1.54) is 13.2 Å². The molecule has 0 atom stereocenters. The maximum absolute atomic E-state index is 12.5. The van der Waals surface area contributed by atoms with Crippen molar-refractivity contribution in [2.45, 2.75) is 12.8 Å². The normalized spacial score (nSPS) is 11.5. The SMILES string of the molecule is COCc1nc(NN)cc(N(CCO)CC(F)(F)F)n1. The summed E-state index contributed by atoms with van der Waals surface area (Å²) in [7, 11) is 1.41. The van der Waals surface area contributed by atoms with Crippen LogP contribution in [0.2, 0.25) is 0 Å². The van der Waals surface area contributed by atoms with Gasteiger partial charge in [-0.2, -0.15) is 13.2 Å². The first kappa shape index (κ1) is 16.4. The van der Waals surface area contributed by atoms with Gasteiger partial charge in [-0.15, -0.1) is 0 Å². The average molecular weight is 295 g/mol. The maximum atomic E-state index is 12.5. The molecule has 0 bridgehead atoms. The maximum Gasteiger partial charge on any atom is 0.405 e. The number of nitrogens with two attached hydrogens (primary N) is 1. The van der Waals surface area contributed by atoms with E-state index in [0.717, 1.165) is 4.90 Å². The van der Waals surface area contributed by atoms with Gasteiger partial charge in [0.2, 0.25) is 0 Å². The molecule has 10 heteroatoms. The first-order chi connectivity index (χ1) is 9.39. The fraction of sp³-hybridized carbons (Fsp3) is 0.600. The van der Waals surface area contributed by atoms with Gasteiger partial charge in [-0.05, 0) is 0 Å². The van der Waals surface area contributed by atoms with Crippen LogP contribution >= 0.6 is 0 Å². The molecule has 0 aliphatic carbocycles. The number of nitrogen functional groups attached to an aromatic ring is 1. The van der Waals surface area contributed by atoms with E-state index in [1.807, 2.05) is 0 Å². The van der Waals surface area contributed by atoms with E-state index >= 15 is 0 Å². The van der Waals surface area contributed by atoms with Crippen molar-refractivity contribution in [2.75, 3.05) is 37.1 Å². The largest absolute Gasteiger partial charge is 0.405 e. The molecule has 0 fully saturated rings. The smallest absolute Gasteiger partial charge is 0.395 e. The van der Waals surface area contributed by atoms with Gasteiger partial charge in [-0.1, -0.05) is 0 Å². The van der Waals surface area contributed by atoms with Crippen LogP contribution in [0.15, 0.2) is 6.07 Å². The molecule has 7 nitrogen and oxygen atoms in total. The fourth-order valence-electron chi connectivity index (χ4n) is 1.52. The van der Waals surface area contributed by atoms with Crippen LogP contribution in [0, 0.1) is 0 Å². The number of nitrogens with zero attached hydrogens (tertiary/aromatic N) is 3. The summed E-state index contributed by atoms with van der Waals surface area (Å²) in [5, 5.41) is 8.88. The van der Waals surface area contributed by atoms with Crippen molar-refractivity contribution in [3.8, 4) is 0 Å². The first-order valence-corrected chi connectivity index (χ1v) is 5.65. The predicted molar refractivity (Wildman–Crippen MR) is 65.9 cm³/mol. The minimum atomic E-state index is -4.42. The topological polar surface area (TPSA) is 96.5 Å². The Morgan fingerprint density at radius 1 is 1.45 bits per heavy atom. The second-order valence-electron chi connectivity index (χ2n) is 3.87. The lowest BCUT2D eigenvalue weighted by atomic mass is 10.4. The molecule has 1 aromatic rings. The fourth-order valence-corrected chi connectivity index (χ4v) is 1.52. The number of hydrogen-bond donors (Lipinski definition) is 3. The zero-order chi connectivity index (χ0) is 15.2. The molecule has 4 N–H and O–H groups in total. The number of rotatable bonds is 7. The number of methoxy groups -OCH3 is 1. The van der Waals surface area contributed by atoms with E-state index in [1.54, 1.807) is 0 Å². The molecule has 114 valence electrons. The number of halogens is 3. The Morgan fingerprint density at radius 2 is 2.15 bits per heavy atom. The Hall–Kier alpha value is -1.65. The van der Waals surface area contributed by atoms with Crippen LogP contribution in [0.3, 0.4) is 0 Å². The molecule has 1 heterocycles. The van der Waals surface area contributed by atoms with Crippen LogP contribution in [0.1, 0.15) is 5.82 Å². The molecule has 0 aromatic carbocycles. The summed E-state index contributed by atoms with van der Waals surface area (Å²) in [5.41, 5.74) is 2.25. The molecule has 1 rings (SSSR count). The summed E-state index contributed by atoms with van der Waals surface area (Å²) in [4.78, 5) is 8.79. The van der Waals surface area contributed by atoms with Crippen molar-refractivity contribution in [1.29, 1.82) is 0 Å². The zero-order valence-electron chi connectivity index (χ0n) is 10.8. The lowest BCUT2D eigenvalue weighted by Crippen LogP contribution is -2.37. The van der Waals surface area contributed by atoms with Crippen molar-refractivity contribution >= 4 is 11.6 Å². The highest BCUT2D eigenvalue weighted by Gasteiger charge is 2.31. The van der Waals surface area contributed by atoms with Crippen molar-refractivity contribution in [2.24, 2.45) is 5.84 Å². The highest BCUT2D eigenvalue weighted by molar-refractivity contribution is 5.49. The van der Waals surface area contributed by atoms with Gasteiger partial charge >= 0.3 is 6.18 Å². The van der Waals surface area contributed by atoms with Crippen molar-refractivity contribution in [1.82, 2.24) is 9.97 Å². The second kappa shape index (κ2) is 7.22. The Kier molecular flexibility index (Phi) is 5.92. The van der Waals surface area contributed by atoms with E-state index < -0.39 is 19.3 Å². The molecule has 0 spiro atoms. The Morgan fingerprint density at radius 3 is 2.65 bits per heavy atom. The molecule has 0 amide bonds. The Labute approximate surface area is 113 Å². The minimum Gasteiger partial charge on any atom is -0.395 e. The number of aromatic nitrogens is 2. The van der Waals surface area contributed by atoms with E-state index in [9.17, 15) is 13.2 Å². The van der Waals surface area contributed by atoms with Crippen LogP contribution in [-0.4, -0.2) is 48.1 Å². The van der Waals surface area contributed by atoms with Gasteiger partial charge in [0, 0.05) is 19.7 Å². The molecule has 0 saturated heterocycles. The Bertz CT molecular complexity index is 430. The molecule has 1 aromatic heterocycles. The van der Waals surface area contributed by atoms with Crippen molar-refractivity contribution in [3.63, 3.8) is 0 Å². The van der Waals surface area contributed by atoms with E-state index in [4.69, 9.17) is 15.7 Å². The second-order valence-corrected chi connectivity index (χ2v) is 3.87. The number of nitrogens with one attached hydrogen (secondary N) is 1. The van der Waals surface area contributed by atoms with Crippen LogP contribution in [-0.2, 0) is 11.3 Å². The van der Waals surface area contributed by atoms with Gasteiger partial charge in [0.1, 0.15) is 24.8 Å². The van der Waals surface area contributed by atoms with E-state index in [0.29, 0.717) is 0 Å². The quantitative estimate of drug-likeness (QED) is 0.491. The van der Waals surface area contributed by atoms with Gasteiger partial charge in [-0.3, -0.25) is 0 Å². The van der Waals surface area contributed by atoms with Gasteiger partial charge in [-0.25, -0.2) is 15.8 Å². The molecule has 0 aliphatic heterocycles. The molecule has 0 aliphatic rings. The van der Waals surface area contributed by atoms with Crippen LogP contribution in [0.4, 0.5) is 24.8 Å². The predicted octanol–water partition coefficient (Wildman–Crippen LogP) is 0.270. The molecule has 20 heavy (non-hydrogen) atoms. The third-order valence-electron chi connectivity index (χ3n) is 2.24. The summed E-state index contributed by atoms with van der Waals surface area (Å²) < 4.78 is 42.4. The number of ether oxygens (including phenoxy) is 1. The average Bonchev–Trinajstić information content (AvgIpc) is 2.36. The van der Waals surface area contributed by atoms with Gasteiger partial charge in [0.05, 0.1) is 6.61 Å². The zero-order valence-corrected chi connectivity index (χ0v) is 10.8. The summed E-state index contributed by atoms with van der Waals surface area (Å²) in [5.74, 6) is 5.56. The first-order valence-electron chi connectivity index (χ1n) is 5.65. The van der Waals surface area contributed by atoms with Crippen LogP contribution < -0.4 is 16.2 Å². The third-order valence-corrected chi connectivity index (χ3v) is 2.24. The van der Waals surface area contributed by atoms with Crippen LogP contribution in [0.25, 0.3) is 0 Å². The number of hydrogen-bond acceptors (Lipinski definition) is 7. The molecule has 0 unspecified atom stereocenters. The lowest BCUT2D eigenvalue weighted by Gasteiger charge is -2.24. The highest BCUT2D eigenvalue weighted by Crippen LogP contribution is 2.22. The lowest BCUT2D eigenvalue weighted by molar-refractivity contribution is -0.120. The number of aliphatic hydroxyl groups is 1. The summed E-state index contributed by atoms with van der Waals surface area (Å²) in [6, 6.07) is 1.26. The standard InChI is InChI=1S/C10H16F3N5O2/c1-20-5-8-15-7(17-14)4-9(16-8)18(2-3-19)6-10(11,12)13/h4,19H,2-3,5-6,14H2,1H3,(H,15,16,17). The Balaban J connectivity index is 3.07. The summed E-state index contributed by atoms with van der Waals surface area (Å²) >= 11 is 0. The molecular formula is C10H16F3N5O2. The summed E-state index contributed by atoms with van der Waals surface area (Å²) in [6.07, 6.45) is -4.42. The van der Waals surface area contributed by atoms with Gasteiger partial charge in [0.25, 0.3) is 0 Å². The van der Waals surface area contributed by atoms with E-state index in [-0.39, 0.29) is 30.6 Å². The number of hydrazine groups is 1. The highest BCUT2D eigenvalue weighted by atomic mass is 19.4. The number of aliphatic hydroxyl groups excluding tert-OH is 1. The van der Waals surface area contributed by atoms with E-state index in [2.05, 4.69) is 15.4 Å². The third kappa shape index (κ3) is 5.15. The molecule has 0 saturated carbocycles. The minimum absolute atomic E-state index is 0.00590. The van der Waals surface area contributed by atoms with Gasteiger partial charge < -0.3 is 20.2 Å².